The number of rotatable bonds is 27. The Balaban J connectivity index is 3.45. The van der Waals surface area contributed by atoms with E-state index in [4.69, 9.17) is 10.2 Å². The van der Waals surface area contributed by atoms with E-state index in [-0.39, 0.29) is 19.3 Å². The molecule has 23 nitrogen and oxygen atoms in total. The Morgan fingerprint density at radius 3 is 1.57 bits per heavy atom. The molecular formula is C37H59N7O16S. The molecule has 0 bridgehead atoms. The van der Waals surface area contributed by atoms with Gasteiger partial charge in [0, 0.05) is 26.0 Å². The first-order valence-corrected chi connectivity index (χ1v) is 21.9. The Morgan fingerprint density at radius 2 is 1.10 bits per heavy atom. The molecule has 24 heteroatoms. The minimum atomic E-state index is -4.03. The largest absolute Gasteiger partial charge is 0.481 e. The molecule has 0 saturated heterocycles. The lowest BCUT2D eigenvalue weighted by molar-refractivity contribution is -0.143. The maximum atomic E-state index is 14.1. The molecule has 1 rings (SSSR count). The Bertz CT molecular complexity index is 1750. The summed E-state index contributed by atoms with van der Waals surface area (Å²) in [5, 5.41) is 43.4. The van der Waals surface area contributed by atoms with Crippen LogP contribution in [-0.4, -0.2) is 144 Å². The number of carbonyl (C=O) groups is 11. The molecule has 1 saturated carbocycles. The van der Waals surface area contributed by atoms with E-state index in [1.165, 1.54) is 13.8 Å². The van der Waals surface area contributed by atoms with E-state index in [0.717, 1.165) is 19.6 Å². The molecule has 0 spiro atoms. The third-order valence-electron chi connectivity index (χ3n) is 9.51. The zero-order chi connectivity index (χ0) is 46.6. The van der Waals surface area contributed by atoms with Crippen LogP contribution in [-0.2, 0) is 62.6 Å². The summed E-state index contributed by atoms with van der Waals surface area (Å²) in [5.41, 5.74) is 0. The molecule has 1 fully saturated rings. The van der Waals surface area contributed by atoms with Crippen molar-refractivity contribution in [2.45, 2.75) is 135 Å². The predicted molar refractivity (Wildman–Crippen MR) is 213 cm³/mol. The van der Waals surface area contributed by atoms with E-state index >= 15 is 0 Å². The Morgan fingerprint density at radius 1 is 0.607 bits per heavy atom. The molecule has 7 amide bonds. The van der Waals surface area contributed by atoms with Crippen LogP contribution in [0.3, 0.4) is 0 Å². The number of hydrogen-bond donors (Lipinski definition) is 10. The second-order valence-corrected chi connectivity index (χ2v) is 17.4. The molecule has 61 heavy (non-hydrogen) atoms. The van der Waals surface area contributed by atoms with E-state index in [2.05, 4.69) is 31.9 Å². The number of hydrogen-bond acceptors (Lipinski definition) is 13. The van der Waals surface area contributed by atoms with Crippen molar-refractivity contribution in [3.8, 4) is 0 Å². The molecule has 344 valence electrons. The third-order valence-corrected chi connectivity index (χ3v) is 10.4. The maximum Gasteiger partial charge on any atom is 0.322 e. The summed E-state index contributed by atoms with van der Waals surface area (Å²) < 4.78 is 24.9. The standard InChI is InChI=1S/C37H59N7O16S/c1-6-10-22(31(52)37(58)38-17-28(50)51)40-34(55)25(18-61(5,59)60)42-36(57)30(21-11-8-7-9-12-21)44-35(56)29(19(2)3)43-33(54)24(14-16-27(48)49)41-32(53)23(39-20(4)45)13-15-26(46)47/h19,21-25,29-30H,6-18H2,1-5H3,(H,38,58)(H,39,45)(H,40,55)(H,41,53)(H,42,57)(H,43,54)(H,44,56)(H,46,47)(H,48,49)(H,50,51). The van der Waals surface area contributed by atoms with Gasteiger partial charge in [-0.1, -0.05) is 46.5 Å². The molecule has 1 aliphatic carbocycles. The lowest BCUT2D eigenvalue weighted by atomic mass is 9.83. The second kappa shape index (κ2) is 25.8. The summed E-state index contributed by atoms with van der Waals surface area (Å²) in [6.45, 7) is 4.86. The fourth-order valence-corrected chi connectivity index (χ4v) is 7.31. The smallest absolute Gasteiger partial charge is 0.322 e. The van der Waals surface area contributed by atoms with Gasteiger partial charge < -0.3 is 52.5 Å². The third kappa shape index (κ3) is 20.4. The van der Waals surface area contributed by atoms with Crippen LogP contribution in [0.25, 0.3) is 0 Å². The van der Waals surface area contributed by atoms with Gasteiger partial charge >= 0.3 is 17.9 Å². The van der Waals surface area contributed by atoms with Gasteiger partial charge in [-0.3, -0.25) is 52.7 Å². The number of ketones is 1. The van der Waals surface area contributed by atoms with E-state index in [1.807, 2.05) is 5.32 Å². The van der Waals surface area contributed by atoms with Crippen molar-refractivity contribution >= 4 is 74.9 Å². The molecule has 0 aliphatic heterocycles. The minimum Gasteiger partial charge on any atom is -0.481 e. The van der Waals surface area contributed by atoms with Crippen LogP contribution < -0.4 is 37.2 Å². The monoisotopic (exact) mass is 889 g/mol. The van der Waals surface area contributed by atoms with E-state index in [1.54, 1.807) is 6.92 Å². The highest BCUT2D eigenvalue weighted by molar-refractivity contribution is 7.90. The second-order valence-electron chi connectivity index (χ2n) is 15.2. The van der Waals surface area contributed by atoms with Crippen molar-refractivity contribution < 1.29 is 76.5 Å². The van der Waals surface area contributed by atoms with Crippen molar-refractivity contribution in [1.82, 2.24) is 37.2 Å². The van der Waals surface area contributed by atoms with Crippen LogP contribution >= 0.6 is 0 Å². The van der Waals surface area contributed by atoms with Gasteiger partial charge in [-0.05, 0) is 43.9 Å². The van der Waals surface area contributed by atoms with Crippen LogP contribution in [0.4, 0.5) is 0 Å². The zero-order valence-corrected chi connectivity index (χ0v) is 35.7. The first-order chi connectivity index (χ1) is 28.4. The fourth-order valence-electron chi connectivity index (χ4n) is 6.47. The van der Waals surface area contributed by atoms with Crippen molar-refractivity contribution in [3.05, 3.63) is 0 Å². The van der Waals surface area contributed by atoms with Gasteiger partial charge in [0.05, 0.1) is 11.8 Å². The highest BCUT2D eigenvalue weighted by Gasteiger charge is 2.38. The van der Waals surface area contributed by atoms with Crippen LogP contribution in [0.2, 0.25) is 0 Å². The lowest BCUT2D eigenvalue weighted by Gasteiger charge is -2.33. The Labute approximate surface area is 353 Å². The number of sulfone groups is 1. The van der Waals surface area contributed by atoms with Crippen molar-refractivity contribution in [2.24, 2.45) is 11.8 Å². The summed E-state index contributed by atoms with van der Waals surface area (Å²) in [5.74, 6) is -14.6. The lowest BCUT2D eigenvalue weighted by Crippen LogP contribution is -2.62. The number of nitrogens with one attached hydrogen (secondary N) is 7. The predicted octanol–water partition coefficient (Wildman–Crippen LogP) is -2.50. The minimum absolute atomic E-state index is 0.116. The van der Waals surface area contributed by atoms with Gasteiger partial charge in [0.25, 0.3) is 5.91 Å². The van der Waals surface area contributed by atoms with Gasteiger partial charge in [-0.2, -0.15) is 0 Å². The number of amides is 7. The summed E-state index contributed by atoms with van der Waals surface area (Å²) in [7, 11) is -4.03. The highest BCUT2D eigenvalue weighted by Crippen LogP contribution is 2.27. The normalized spacial score (nSPS) is 15.9. The van der Waals surface area contributed by atoms with Gasteiger partial charge in [0.15, 0.2) is 0 Å². The average Bonchev–Trinajstić information content (AvgIpc) is 3.16. The van der Waals surface area contributed by atoms with Crippen LogP contribution in [0.15, 0.2) is 0 Å². The first kappa shape index (κ1) is 53.3. The topological polar surface area (TPSA) is 367 Å². The number of aliphatic carboxylic acids is 3. The van der Waals surface area contributed by atoms with Crippen LogP contribution in [0.5, 0.6) is 0 Å². The quantitative estimate of drug-likeness (QED) is 0.0381. The molecule has 0 heterocycles. The number of carboxylic acid groups (broad SMARTS) is 3. The highest BCUT2D eigenvalue weighted by atomic mass is 32.2. The summed E-state index contributed by atoms with van der Waals surface area (Å²) in [6.07, 6.45) is 1.81. The zero-order valence-electron chi connectivity index (χ0n) is 34.9. The van der Waals surface area contributed by atoms with E-state index < -0.39 is 155 Å². The van der Waals surface area contributed by atoms with Crippen LogP contribution in [0, 0.1) is 11.8 Å². The fraction of sp³-hybridized carbons (Fsp3) is 0.703. The molecule has 10 N–H and O–H groups in total. The SMILES string of the molecule is CCCC(NC(=O)C(CS(C)(=O)=O)NC(=O)C(NC(=O)C(NC(=O)C(CCC(=O)O)NC(=O)C(CCC(=O)O)NC(C)=O)C(C)C)C1CCCCC1)C(=O)C(=O)NCC(=O)O. The molecule has 0 aromatic heterocycles. The summed E-state index contributed by atoms with van der Waals surface area (Å²) >= 11 is 0. The maximum absolute atomic E-state index is 14.1. The van der Waals surface area contributed by atoms with Crippen LogP contribution in [0.1, 0.15) is 98.3 Å². The van der Waals surface area contributed by atoms with Crippen molar-refractivity contribution in [3.63, 3.8) is 0 Å². The summed E-state index contributed by atoms with van der Waals surface area (Å²) in [6, 6.07) is -9.24. The molecule has 1 aliphatic rings. The van der Waals surface area contributed by atoms with Gasteiger partial charge in [0.1, 0.15) is 46.6 Å². The number of carbonyl (C=O) groups excluding carboxylic acids is 8. The van der Waals surface area contributed by atoms with E-state index in [9.17, 15) is 66.3 Å². The molecule has 0 aromatic rings. The van der Waals surface area contributed by atoms with Gasteiger partial charge in [-0.25, -0.2) is 8.42 Å². The first-order valence-electron chi connectivity index (χ1n) is 19.8. The number of Topliss-reactive ketones (excluding diaryl/α,β-unsaturated/α-hetero) is 1. The van der Waals surface area contributed by atoms with Gasteiger partial charge in [0.2, 0.25) is 41.2 Å². The Hall–Kier alpha value is -5.68. The molecule has 0 aromatic carbocycles. The van der Waals surface area contributed by atoms with E-state index in [0.29, 0.717) is 25.7 Å². The Kier molecular flexibility index (Phi) is 22.6. The molecular weight excluding hydrogens is 831 g/mol. The van der Waals surface area contributed by atoms with Crippen molar-refractivity contribution in [1.29, 1.82) is 0 Å². The van der Waals surface area contributed by atoms with Crippen molar-refractivity contribution in [2.75, 3.05) is 18.6 Å². The number of carboxylic acids is 3. The van der Waals surface area contributed by atoms with Gasteiger partial charge in [-0.15, -0.1) is 0 Å². The molecule has 0 radical (unpaired) electrons. The molecule has 6 unspecified atom stereocenters. The molecule has 6 atom stereocenters. The summed E-state index contributed by atoms with van der Waals surface area (Å²) in [4.78, 5) is 139. The average molecular weight is 890 g/mol.